The fourth-order valence-electron chi connectivity index (χ4n) is 3.43. The first kappa shape index (κ1) is 18.6. The van der Waals surface area contributed by atoms with Gasteiger partial charge in [-0.15, -0.1) is 0 Å². The highest BCUT2D eigenvalue weighted by Crippen LogP contribution is 2.28. The van der Waals surface area contributed by atoms with E-state index in [1.54, 1.807) is 48.5 Å². The van der Waals surface area contributed by atoms with E-state index in [9.17, 15) is 14.4 Å². The van der Waals surface area contributed by atoms with E-state index in [1.807, 2.05) is 30.3 Å². The van der Waals surface area contributed by atoms with Crippen LogP contribution < -0.4 is 10.2 Å². The van der Waals surface area contributed by atoms with Crippen LogP contribution in [0, 0.1) is 0 Å². The van der Waals surface area contributed by atoms with Crippen LogP contribution >= 0.6 is 0 Å². The lowest BCUT2D eigenvalue weighted by Gasteiger charge is -2.15. The van der Waals surface area contributed by atoms with Gasteiger partial charge in [-0.05, 0) is 47.9 Å². The third-order valence-electron chi connectivity index (χ3n) is 5.12. The SMILES string of the molecule is C[C@@H](CNC(=O)c1ccc(N2C(=O)c3ccccc3C2=O)cc1)c1ccccc1. The van der Waals surface area contributed by atoms with Crippen molar-refractivity contribution in [1.29, 1.82) is 0 Å². The Bertz CT molecular complexity index is 1040. The van der Waals surface area contributed by atoms with Crippen LogP contribution in [0.15, 0.2) is 78.9 Å². The number of amides is 3. The number of fused-ring (bicyclic) bond motifs is 1. The van der Waals surface area contributed by atoms with Gasteiger partial charge in [-0.3, -0.25) is 14.4 Å². The first-order valence-electron chi connectivity index (χ1n) is 9.47. The summed E-state index contributed by atoms with van der Waals surface area (Å²) in [6, 6.07) is 23.2. The van der Waals surface area contributed by atoms with E-state index in [-0.39, 0.29) is 23.6 Å². The molecule has 1 heterocycles. The topological polar surface area (TPSA) is 66.5 Å². The second-order valence-electron chi connectivity index (χ2n) is 7.06. The molecule has 0 aromatic heterocycles. The van der Waals surface area contributed by atoms with Crippen LogP contribution in [-0.2, 0) is 0 Å². The average Bonchev–Trinajstić information content (AvgIpc) is 3.03. The molecule has 1 aliphatic rings. The Balaban J connectivity index is 1.44. The van der Waals surface area contributed by atoms with Crippen molar-refractivity contribution in [3.8, 4) is 0 Å². The highest BCUT2D eigenvalue weighted by molar-refractivity contribution is 6.34. The molecule has 3 amide bonds. The maximum Gasteiger partial charge on any atom is 0.266 e. The Morgan fingerprint density at radius 2 is 1.38 bits per heavy atom. The third-order valence-corrected chi connectivity index (χ3v) is 5.12. The maximum absolute atomic E-state index is 12.6. The number of anilines is 1. The van der Waals surface area contributed by atoms with Gasteiger partial charge in [-0.2, -0.15) is 0 Å². The van der Waals surface area contributed by atoms with Crippen LogP contribution in [0.25, 0.3) is 0 Å². The molecule has 144 valence electrons. The number of carbonyl (C=O) groups is 3. The second kappa shape index (κ2) is 7.72. The van der Waals surface area contributed by atoms with Crippen LogP contribution in [0.5, 0.6) is 0 Å². The molecule has 0 unspecified atom stereocenters. The number of nitrogens with one attached hydrogen (secondary N) is 1. The smallest absolute Gasteiger partial charge is 0.266 e. The predicted octanol–water partition coefficient (Wildman–Crippen LogP) is 4.02. The van der Waals surface area contributed by atoms with Gasteiger partial charge in [0.1, 0.15) is 0 Å². The fraction of sp³-hybridized carbons (Fsp3) is 0.125. The van der Waals surface area contributed by atoms with E-state index in [4.69, 9.17) is 0 Å². The van der Waals surface area contributed by atoms with E-state index in [1.165, 1.54) is 0 Å². The van der Waals surface area contributed by atoms with Gasteiger partial charge in [0, 0.05) is 12.1 Å². The van der Waals surface area contributed by atoms with Crippen molar-refractivity contribution in [2.24, 2.45) is 0 Å². The summed E-state index contributed by atoms with van der Waals surface area (Å²) < 4.78 is 0. The van der Waals surface area contributed by atoms with Gasteiger partial charge >= 0.3 is 0 Å². The highest BCUT2D eigenvalue weighted by Gasteiger charge is 2.36. The zero-order valence-electron chi connectivity index (χ0n) is 16.0. The minimum absolute atomic E-state index is 0.192. The Morgan fingerprint density at radius 1 is 0.828 bits per heavy atom. The van der Waals surface area contributed by atoms with Crippen molar-refractivity contribution in [2.45, 2.75) is 12.8 Å². The van der Waals surface area contributed by atoms with Crippen molar-refractivity contribution in [3.05, 3.63) is 101 Å². The first-order valence-corrected chi connectivity index (χ1v) is 9.47. The van der Waals surface area contributed by atoms with Crippen molar-refractivity contribution in [2.75, 3.05) is 11.4 Å². The van der Waals surface area contributed by atoms with Gasteiger partial charge in [0.05, 0.1) is 16.8 Å². The summed E-state index contributed by atoms with van der Waals surface area (Å²) >= 11 is 0. The molecule has 0 aliphatic carbocycles. The standard InChI is InChI=1S/C24H20N2O3/c1-16(17-7-3-2-4-8-17)15-25-22(27)18-11-13-19(14-12-18)26-23(28)20-9-5-6-10-21(20)24(26)29/h2-14,16H,15H2,1H3,(H,25,27)/t16-/m0/s1. The average molecular weight is 384 g/mol. The number of nitrogens with zero attached hydrogens (tertiary/aromatic N) is 1. The van der Waals surface area contributed by atoms with Crippen LogP contribution in [0.3, 0.4) is 0 Å². The largest absolute Gasteiger partial charge is 0.351 e. The van der Waals surface area contributed by atoms with Crippen molar-refractivity contribution in [1.82, 2.24) is 5.32 Å². The third kappa shape index (κ3) is 3.55. The lowest BCUT2D eigenvalue weighted by atomic mass is 10.0. The Kier molecular flexibility index (Phi) is 4.96. The lowest BCUT2D eigenvalue weighted by Crippen LogP contribution is -2.30. The summed E-state index contributed by atoms with van der Waals surface area (Å²) in [5.41, 5.74) is 2.88. The number of hydrogen-bond donors (Lipinski definition) is 1. The summed E-state index contributed by atoms with van der Waals surface area (Å²) in [7, 11) is 0. The van der Waals surface area contributed by atoms with Gasteiger partial charge in [0.15, 0.2) is 0 Å². The molecule has 3 aromatic carbocycles. The molecule has 1 atom stereocenters. The first-order chi connectivity index (χ1) is 14.1. The molecule has 0 fully saturated rings. The van der Waals surface area contributed by atoms with Gasteiger partial charge in [0.25, 0.3) is 17.7 Å². The van der Waals surface area contributed by atoms with E-state index in [0.29, 0.717) is 28.9 Å². The minimum atomic E-state index is -0.348. The summed E-state index contributed by atoms with van der Waals surface area (Å²) in [6.07, 6.45) is 0. The minimum Gasteiger partial charge on any atom is -0.351 e. The molecule has 0 bridgehead atoms. The van der Waals surface area contributed by atoms with Crippen molar-refractivity contribution < 1.29 is 14.4 Å². The number of imide groups is 1. The van der Waals surface area contributed by atoms with Gasteiger partial charge in [-0.1, -0.05) is 49.4 Å². The summed E-state index contributed by atoms with van der Waals surface area (Å²) in [5, 5.41) is 2.93. The fourth-order valence-corrected chi connectivity index (χ4v) is 3.43. The molecule has 0 saturated carbocycles. The van der Waals surface area contributed by atoms with E-state index in [0.717, 1.165) is 10.5 Å². The van der Waals surface area contributed by atoms with E-state index < -0.39 is 0 Å². The Morgan fingerprint density at radius 3 is 1.97 bits per heavy atom. The summed E-state index contributed by atoms with van der Waals surface area (Å²) in [4.78, 5) is 38.7. The predicted molar refractivity (Wildman–Crippen MR) is 111 cm³/mol. The Labute approximate surface area is 169 Å². The monoisotopic (exact) mass is 384 g/mol. The zero-order chi connectivity index (χ0) is 20.4. The molecule has 0 saturated heterocycles. The molecular formula is C24H20N2O3. The molecule has 0 spiro atoms. The number of hydrogen-bond acceptors (Lipinski definition) is 3. The van der Waals surface area contributed by atoms with Gasteiger partial charge in [0.2, 0.25) is 0 Å². The quantitative estimate of drug-likeness (QED) is 0.676. The van der Waals surface area contributed by atoms with Crippen molar-refractivity contribution >= 4 is 23.4 Å². The molecule has 1 aliphatic heterocycles. The number of benzene rings is 3. The molecule has 4 rings (SSSR count). The van der Waals surface area contributed by atoms with E-state index >= 15 is 0 Å². The second-order valence-corrected chi connectivity index (χ2v) is 7.06. The van der Waals surface area contributed by atoms with Crippen molar-refractivity contribution in [3.63, 3.8) is 0 Å². The molecule has 3 aromatic rings. The Hall–Kier alpha value is -3.73. The van der Waals surface area contributed by atoms with Crippen LogP contribution in [-0.4, -0.2) is 24.3 Å². The van der Waals surface area contributed by atoms with Gasteiger partial charge < -0.3 is 5.32 Å². The lowest BCUT2D eigenvalue weighted by molar-refractivity contribution is 0.0923. The molecule has 5 nitrogen and oxygen atoms in total. The number of rotatable bonds is 5. The van der Waals surface area contributed by atoms with Crippen LogP contribution in [0.1, 0.15) is 49.5 Å². The summed E-state index contributed by atoms with van der Waals surface area (Å²) in [5.74, 6) is -0.696. The highest BCUT2D eigenvalue weighted by atomic mass is 16.2. The number of carbonyl (C=O) groups excluding carboxylic acids is 3. The van der Waals surface area contributed by atoms with E-state index in [2.05, 4.69) is 12.2 Å². The summed E-state index contributed by atoms with van der Waals surface area (Å²) in [6.45, 7) is 2.57. The normalized spacial score (nSPS) is 13.9. The molecule has 1 N–H and O–H groups in total. The van der Waals surface area contributed by atoms with Crippen LogP contribution in [0.2, 0.25) is 0 Å². The maximum atomic E-state index is 12.6. The molecule has 5 heteroatoms. The zero-order valence-corrected chi connectivity index (χ0v) is 16.0. The molecule has 0 radical (unpaired) electrons. The molecular weight excluding hydrogens is 364 g/mol. The molecule has 29 heavy (non-hydrogen) atoms. The van der Waals surface area contributed by atoms with Gasteiger partial charge in [-0.25, -0.2) is 4.90 Å². The van der Waals surface area contributed by atoms with Crippen LogP contribution in [0.4, 0.5) is 5.69 Å².